The van der Waals surface area contributed by atoms with Crippen LogP contribution in [0.15, 0.2) is 24.3 Å². The minimum absolute atomic E-state index is 0.000556. The summed E-state index contributed by atoms with van der Waals surface area (Å²) in [6.07, 6.45) is 3.28. The third kappa shape index (κ3) is 1.93. The van der Waals surface area contributed by atoms with E-state index in [9.17, 15) is 14.3 Å². The van der Waals surface area contributed by atoms with Gasteiger partial charge in [0.25, 0.3) is 5.91 Å². The molecule has 17 heavy (non-hydrogen) atoms. The number of hydrogen-bond acceptors (Lipinski definition) is 2. The summed E-state index contributed by atoms with van der Waals surface area (Å²) in [6.45, 7) is 0. The number of rotatable bonds is 3. The maximum absolute atomic E-state index is 13.7. The van der Waals surface area contributed by atoms with E-state index >= 15 is 0 Å². The van der Waals surface area contributed by atoms with Gasteiger partial charge in [0.15, 0.2) is 5.60 Å². The molecule has 2 rings (SSSR count). The maximum atomic E-state index is 13.7. The van der Waals surface area contributed by atoms with Crippen molar-refractivity contribution in [1.82, 2.24) is 0 Å². The Labute approximate surface area is 99.4 Å². The fourth-order valence-electron chi connectivity index (χ4n) is 2.67. The molecule has 4 heteroatoms. The van der Waals surface area contributed by atoms with Crippen molar-refractivity contribution in [1.29, 1.82) is 0 Å². The van der Waals surface area contributed by atoms with Crippen molar-refractivity contribution >= 4 is 5.91 Å². The molecule has 1 unspecified atom stereocenters. The zero-order valence-electron chi connectivity index (χ0n) is 9.53. The van der Waals surface area contributed by atoms with Gasteiger partial charge >= 0.3 is 0 Å². The Bertz CT molecular complexity index is 429. The lowest BCUT2D eigenvalue weighted by molar-refractivity contribution is -0.144. The summed E-state index contributed by atoms with van der Waals surface area (Å²) in [5.41, 5.74) is 3.42. The van der Waals surface area contributed by atoms with Gasteiger partial charge in [0.2, 0.25) is 0 Å². The van der Waals surface area contributed by atoms with Crippen LogP contribution in [0.3, 0.4) is 0 Å². The van der Waals surface area contributed by atoms with Crippen LogP contribution in [0.4, 0.5) is 4.39 Å². The van der Waals surface area contributed by atoms with E-state index in [-0.39, 0.29) is 11.5 Å². The molecule has 0 saturated heterocycles. The third-order valence-corrected chi connectivity index (χ3v) is 3.61. The topological polar surface area (TPSA) is 63.3 Å². The molecule has 1 atom stereocenters. The van der Waals surface area contributed by atoms with Gasteiger partial charge in [0.05, 0.1) is 0 Å². The van der Waals surface area contributed by atoms with Crippen molar-refractivity contribution in [3.63, 3.8) is 0 Å². The number of nitrogens with two attached hydrogens (primary N) is 1. The first-order valence-electron chi connectivity index (χ1n) is 5.84. The molecule has 0 aliphatic heterocycles. The van der Waals surface area contributed by atoms with Gasteiger partial charge in [-0.2, -0.15) is 0 Å². The summed E-state index contributed by atoms with van der Waals surface area (Å²) >= 11 is 0. The average molecular weight is 237 g/mol. The lowest BCUT2D eigenvalue weighted by Gasteiger charge is -2.31. The lowest BCUT2D eigenvalue weighted by Crippen LogP contribution is -2.47. The Morgan fingerprint density at radius 3 is 2.47 bits per heavy atom. The van der Waals surface area contributed by atoms with E-state index in [4.69, 9.17) is 5.73 Å². The fraction of sp³-hybridized carbons (Fsp3) is 0.462. The van der Waals surface area contributed by atoms with Crippen molar-refractivity contribution < 1.29 is 14.3 Å². The molecule has 92 valence electrons. The summed E-state index contributed by atoms with van der Waals surface area (Å²) in [4.78, 5) is 11.6. The highest BCUT2D eigenvalue weighted by molar-refractivity contribution is 5.85. The van der Waals surface area contributed by atoms with E-state index in [0.29, 0.717) is 12.8 Å². The molecule has 1 aliphatic carbocycles. The quantitative estimate of drug-likeness (QED) is 0.840. The number of amides is 1. The predicted molar refractivity (Wildman–Crippen MR) is 61.4 cm³/mol. The smallest absolute Gasteiger partial charge is 0.254 e. The summed E-state index contributed by atoms with van der Waals surface area (Å²) in [7, 11) is 0. The molecule has 3 N–H and O–H groups in total. The Kier molecular flexibility index (Phi) is 3.15. The summed E-state index contributed by atoms with van der Waals surface area (Å²) in [5, 5.41) is 10.5. The summed E-state index contributed by atoms with van der Waals surface area (Å²) in [6, 6.07) is 5.78. The first kappa shape index (κ1) is 12.0. The molecule has 0 bridgehead atoms. The Morgan fingerprint density at radius 1 is 1.35 bits per heavy atom. The van der Waals surface area contributed by atoms with E-state index in [2.05, 4.69) is 0 Å². The SMILES string of the molecule is NC(=O)C(O)(c1ccccc1F)C1CCCC1. The number of carbonyl (C=O) groups is 1. The van der Waals surface area contributed by atoms with Gasteiger partial charge in [-0.05, 0) is 18.9 Å². The first-order valence-corrected chi connectivity index (χ1v) is 5.84. The number of hydrogen-bond donors (Lipinski definition) is 2. The van der Waals surface area contributed by atoms with Gasteiger partial charge in [-0.25, -0.2) is 4.39 Å². The van der Waals surface area contributed by atoms with E-state index in [0.717, 1.165) is 12.8 Å². The van der Waals surface area contributed by atoms with Crippen LogP contribution < -0.4 is 5.73 Å². The molecule has 1 amide bonds. The minimum Gasteiger partial charge on any atom is -0.375 e. The molecule has 1 saturated carbocycles. The van der Waals surface area contributed by atoms with Crippen LogP contribution in [-0.4, -0.2) is 11.0 Å². The highest BCUT2D eigenvalue weighted by Gasteiger charge is 2.46. The van der Waals surface area contributed by atoms with E-state index in [1.807, 2.05) is 0 Å². The number of primary amides is 1. The van der Waals surface area contributed by atoms with Crippen molar-refractivity contribution in [2.75, 3.05) is 0 Å². The van der Waals surface area contributed by atoms with Crippen molar-refractivity contribution in [3.05, 3.63) is 35.6 Å². The van der Waals surface area contributed by atoms with Crippen LogP contribution in [0.1, 0.15) is 31.2 Å². The average Bonchev–Trinajstić information content (AvgIpc) is 2.82. The Balaban J connectivity index is 2.47. The zero-order valence-corrected chi connectivity index (χ0v) is 9.53. The second-order valence-electron chi connectivity index (χ2n) is 4.59. The third-order valence-electron chi connectivity index (χ3n) is 3.61. The normalized spacial score (nSPS) is 20.1. The molecule has 0 spiro atoms. The summed E-state index contributed by atoms with van der Waals surface area (Å²) < 4.78 is 13.7. The van der Waals surface area contributed by atoms with Crippen LogP contribution in [-0.2, 0) is 10.4 Å². The van der Waals surface area contributed by atoms with E-state index < -0.39 is 17.3 Å². The maximum Gasteiger partial charge on any atom is 0.254 e. The van der Waals surface area contributed by atoms with Gasteiger partial charge in [-0.3, -0.25) is 4.79 Å². The van der Waals surface area contributed by atoms with Gasteiger partial charge in [0, 0.05) is 11.5 Å². The molecule has 1 aliphatic rings. The van der Waals surface area contributed by atoms with Crippen molar-refractivity contribution in [2.45, 2.75) is 31.3 Å². The summed E-state index contributed by atoms with van der Waals surface area (Å²) in [5.74, 6) is -1.73. The van der Waals surface area contributed by atoms with E-state index in [1.165, 1.54) is 18.2 Å². The van der Waals surface area contributed by atoms with Crippen molar-refractivity contribution in [3.8, 4) is 0 Å². The highest BCUT2D eigenvalue weighted by atomic mass is 19.1. The number of halogens is 1. The van der Waals surface area contributed by atoms with E-state index in [1.54, 1.807) is 6.07 Å². The highest BCUT2D eigenvalue weighted by Crippen LogP contribution is 2.41. The number of benzene rings is 1. The van der Waals surface area contributed by atoms with Gasteiger partial charge in [-0.15, -0.1) is 0 Å². The Morgan fingerprint density at radius 2 is 1.94 bits per heavy atom. The fourth-order valence-corrected chi connectivity index (χ4v) is 2.67. The standard InChI is InChI=1S/C13H16FNO2/c14-11-8-4-3-7-10(11)13(17,12(15)16)9-5-1-2-6-9/h3-4,7-9,17H,1-2,5-6H2,(H2,15,16). The minimum atomic E-state index is -1.87. The molecular weight excluding hydrogens is 221 g/mol. The largest absolute Gasteiger partial charge is 0.375 e. The van der Waals surface area contributed by atoms with Crippen LogP contribution in [0, 0.1) is 11.7 Å². The molecule has 0 heterocycles. The molecule has 0 radical (unpaired) electrons. The molecule has 0 aromatic heterocycles. The lowest BCUT2D eigenvalue weighted by atomic mass is 9.79. The number of aliphatic hydroxyl groups is 1. The van der Waals surface area contributed by atoms with Crippen molar-refractivity contribution in [2.24, 2.45) is 11.7 Å². The first-order chi connectivity index (χ1) is 8.06. The van der Waals surface area contributed by atoms with Gasteiger partial charge < -0.3 is 10.8 Å². The molecule has 1 aromatic rings. The number of carbonyl (C=O) groups excluding carboxylic acids is 1. The second-order valence-corrected chi connectivity index (χ2v) is 4.59. The second kappa shape index (κ2) is 4.45. The van der Waals surface area contributed by atoms with Gasteiger partial charge in [0.1, 0.15) is 5.82 Å². The van der Waals surface area contributed by atoms with Gasteiger partial charge in [-0.1, -0.05) is 31.0 Å². The zero-order chi connectivity index (χ0) is 12.5. The Hall–Kier alpha value is -1.42. The molecule has 1 aromatic carbocycles. The van der Waals surface area contributed by atoms with Crippen LogP contribution >= 0.6 is 0 Å². The van der Waals surface area contributed by atoms with Crippen LogP contribution in [0.2, 0.25) is 0 Å². The molecule has 3 nitrogen and oxygen atoms in total. The van der Waals surface area contributed by atoms with Crippen LogP contribution in [0.25, 0.3) is 0 Å². The van der Waals surface area contributed by atoms with Crippen LogP contribution in [0.5, 0.6) is 0 Å². The monoisotopic (exact) mass is 237 g/mol. The predicted octanol–water partition coefficient (Wildman–Crippen LogP) is 1.69. The molecule has 1 fully saturated rings. The molecular formula is C13H16FNO2.